The first-order valence-electron chi connectivity index (χ1n) is 6.67. The van der Waals surface area contributed by atoms with Crippen LogP contribution in [0.25, 0.3) is 0 Å². The SMILES string of the molecule is CCC(CC)CS(=O)(=O)N[C@@H](C(=O)O)c1ccccc1. The van der Waals surface area contributed by atoms with Crippen LogP contribution in [0.2, 0.25) is 0 Å². The molecule has 1 aromatic carbocycles. The number of hydrogen-bond donors (Lipinski definition) is 2. The van der Waals surface area contributed by atoms with E-state index in [0.29, 0.717) is 5.56 Å². The summed E-state index contributed by atoms with van der Waals surface area (Å²) in [6.07, 6.45) is 1.50. The number of carboxylic acids is 1. The normalized spacial score (nSPS) is 13.3. The Hall–Kier alpha value is -1.40. The average molecular weight is 299 g/mol. The van der Waals surface area contributed by atoms with E-state index in [4.69, 9.17) is 0 Å². The molecule has 0 fully saturated rings. The monoisotopic (exact) mass is 299 g/mol. The highest BCUT2D eigenvalue weighted by atomic mass is 32.2. The fourth-order valence-electron chi connectivity index (χ4n) is 1.97. The molecule has 20 heavy (non-hydrogen) atoms. The minimum absolute atomic E-state index is 0.0396. The van der Waals surface area contributed by atoms with Crippen molar-refractivity contribution in [3.63, 3.8) is 0 Å². The van der Waals surface area contributed by atoms with Crippen molar-refractivity contribution in [3.8, 4) is 0 Å². The zero-order valence-corrected chi connectivity index (χ0v) is 12.6. The number of hydrogen-bond acceptors (Lipinski definition) is 3. The van der Waals surface area contributed by atoms with Gasteiger partial charge in [0.25, 0.3) is 0 Å². The highest BCUT2D eigenvalue weighted by Gasteiger charge is 2.26. The van der Waals surface area contributed by atoms with Crippen molar-refractivity contribution in [1.29, 1.82) is 0 Å². The molecule has 1 atom stereocenters. The van der Waals surface area contributed by atoms with Gasteiger partial charge in [-0.05, 0) is 11.5 Å². The average Bonchev–Trinajstić information content (AvgIpc) is 2.43. The van der Waals surface area contributed by atoms with Crippen molar-refractivity contribution in [2.75, 3.05) is 5.75 Å². The number of benzene rings is 1. The van der Waals surface area contributed by atoms with Gasteiger partial charge in [-0.1, -0.05) is 57.0 Å². The first kappa shape index (κ1) is 16.7. The predicted octanol–water partition coefficient (Wildman–Crippen LogP) is 2.17. The number of rotatable bonds is 8. The lowest BCUT2D eigenvalue weighted by Gasteiger charge is -2.18. The maximum atomic E-state index is 12.1. The Labute approximate surface area is 120 Å². The molecule has 0 heterocycles. The second-order valence-corrected chi connectivity index (χ2v) is 6.56. The molecule has 0 bridgehead atoms. The van der Waals surface area contributed by atoms with Crippen LogP contribution in [0.1, 0.15) is 38.3 Å². The summed E-state index contributed by atoms with van der Waals surface area (Å²) >= 11 is 0. The minimum Gasteiger partial charge on any atom is -0.480 e. The number of aliphatic carboxylic acids is 1. The summed E-state index contributed by atoms with van der Waals surface area (Å²) in [5.41, 5.74) is 0.424. The van der Waals surface area contributed by atoms with Crippen molar-refractivity contribution in [3.05, 3.63) is 35.9 Å². The highest BCUT2D eigenvalue weighted by molar-refractivity contribution is 7.89. The third kappa shape index (κ3) is 4.94. The molecule has 2 N–H and O–H groups in total. The van der Waals surface area contributed by atoms with Crippen LogP contribution in [0, 0.1) is 5.92 Å². The maximum Gasteiger partial charge on any atom is 0.326 e. The van der Waals surface area contributed by atoms with Crippen LogP contribution in [0.5, 0.6) is 0 Å². The zero-order chi connectivity index (χ0) is 15.2. The summed E-state index contributed by atoms with van der Waals surface area (Å²) in [6.45, 7) is 3.85. The summed E-state index contributed by atoms with van der Waals surface area (Å²) in [4.78, 5) is 11.3. The van der Waals surface area contributed by atoms with E-state index in [2.05, 4.69) is 4.72 Å². The Bertz CT molecular complexity index is 523. The van der Waals surface area contributed by atoms with Crippen molar-refractivity contribution >= 4 is 16.0 Å². The van der Waals surface area contributed by atoms with Crippen LogP contribution in [0.15, 0.2) is 30.3 Å². The second-order valence-electron chi connectivity index (χ2n) is 4.76. The quantitative estimate of drug-likeness (QED) is 0.770. The summed E-state index contributed by atoms with van der Waals surface area (Å²) in [7, 11) is -3.63. The molecule has 0 radical (unpaired) electrons. The van der Waals surface area contributed by atoms with Gasteiger partial charge in [0, 0.05) is 0 Å². The largest absolute Gasteiger partial charge is 0.480 e. The van der Waals surface area contributed by atoms with Crippen molar-refractivity contribution in [1.82, 2.24) is 4.72 Å². The number of carbonyl (C=O) groups is 1. The van der Waals surface area contributed by atoms with E-state index in [-0.39, 0.29) is 11.7 Å². The standard InChI is InChI=1S/C14H21NO4S/c1-3-11(4-2)10-20(18,19)15-13(14(16)17)12-8-6-5-7-9-12/h5-9,11,13,15H,3-4,10H2,1-2H3,(H,16,17)/t13-/m1/s1. The van der Waals surface area contributed by atoms with Gasteiger partial charge >= 0.3 is 5.97 Å². The molecule has 0 aliphatic rings. The number of nitrogens with one attached hydrogen (secondary N) is 1. The van der Waals surface area contributed by atoms with E-state index in [1.54, 1.807) is 30.3 Å². The van der Waals surface area contributed by atoms with E-state index in [0.717, 1.165) is 12.8 Å². The third-order valence-corrected chi connectivity index (χ3v) is 4.79. The first-order chi connectivity index (χ1) is 9.39. The topological polar surface area (TPSA) is 83.5 Å². The third-order valence-electron chi connectivity index (χ3n) is 3.29. The molecule has 112 valence electrons. The Morgan fingerprint density at radius 3 is 2.20 bits per heavy atom. The maximum absolute atomic E-state index is 12.1. The summed E-state index contributed by atoms with van der Waals surface area (Å²) in [5.74, 6) is -1.21. The van der Waals surface area contributed by atoms with Gasteiger partial charge in [-0.2, -0.15) is 4.72 Å². The smallest absolute Gasteiger partial charge is 0.326 e. The van der Waals surface area contributed by atoms with Crippen molar-refractivity contribution in [2.45, 2.75) is 32.7 Å². The second kappa shape index (κ2) is 7.40. The van der Waals surface area contributed by atoms with Crippen LogP contribution >= 0.6 is 0 Å². The lowest BCUT2D eigenvalue weighted by molar-refractivity contribution is -0.139. The number of carboxylic acid groups (broad SMARTS) is 1. The van der Waals surface area contributed by atoms with Gasteiger partial charge in [0.05, 0.1) is 5.75 Å². The molecule has 0 unspecified atom stereocenters. The first-order valence-corrected chi connectivity index (χ1v) is 8.32. The van der Waals surface area contributed by atoms with Gasteiger partial charge in [-0.15, -0.1) is 0 Å². The molecular weight excluding hydrogens is 278 g/mol. The van der Waals surface area contributed by atoms with Gasteiger partial charge in [-0.3, -0.25) is 4.79 Å². The van der Waals surface area contributed by atoms with Crippen LogP contribution in [0.3, 0.4) is 0 Å². The van der Waals surface area contributed by atoms with Crippen LogP contribution in [-0.2, 0) is 14.8 Å². The van der Waals surface area contributed by atoms with E-state index >= 15 is 0 Å². The Balaban J connectivity index is 2.89. The molecular formula is C14H21NO4S. The fourth-order valence-corrected chi connectivity index (χ4v) is 3.75. The molecule has 0 spiro atoms. The van der Waals surface area contributed by atoms with Crippen LogP contribution in [0.4, 0.5) is 0 Å². The van der Waals surface area contributed by atoms with E-state index < -0.39 is 22.0 Å². The molecule has 0 saturated heterocycles. The zero-order valence-electron chi connectivity index (χ0n) is 11.7. The van der Waals surface area contributed by atoms with Gasteiger partial charge in [0.15, 0.2) is 0 Å². The lowest BCUT2D eigenvalue weighted by atomic mass is 10.1. The summed E-state index contributed by atoms with van der Waals surface area (Å²) < 4.78 is 26.4. The molecule has 0 amide bonds. The Morgan fingerprint density at radius 2 is 1.75 bits per heavy atom. The summed E-state index contributed by atoms with van der Waals surface area (Å²) in [5, 5.41) is 9.21. The molecule has 0 aliphatic carbocycles. The van der Waals surface area contributed by atoms with Crippen LogP contribution in [-0.4, -0.2) is 25.2 Å². The molecule has 6 heteroatoms. The highest BCUT2D eigenvalue weighted by Crippen LogP contribution is 2.16. The molecule has 0 saturated carbocycles. The van der Waals surface area contributed by atoms with Gasteiger partial charge in [-0.25, -0.2) is 8.42 Å². The molecule has 1 rings (SSSR count). The van der Waals surface area contributed by atoms with E-state index in [9.17, 15) is 18.3 Å². The predicted molar refractivity (Wildman–Crippen MR) is 77.8 cm³/mol. The minimum atomic E-state index is -3.63. The van der Waals surface area contributed by atoms with Crippen molar-refractivity contribution in [2.24, 2.45) is 5.92 Å². The van der Waals surface area contributed by atoms with Gasteiger partial charge < -0.3 is 5.11 Å². The summed E-state index contributed by atoms with van der Waals surface area (Å²) in [6, 6.07) is 7.06. The fraction of sp³-hybridized carbons (Fsp3) is 0.500. The molecule has 1 aromatic rings. The molecule has 5 nitrogen and oxygen atoms in total. The molecule has 0 aliphatic heterocycles. The Morgan fingerprint density at radius 1 is 1.20 bits per heavy atom. The van der Waals surface area contributed by atoms with Gasteiger partial charge in [0.1, 0.15) is 6.04 Å². The lowest BCUT2D eigenvalue weighted by Crippen LogP contribution is -2.36. The molecule has 0 aromatic heterocycles. The van der Waals surface area contributed by atoms with E-state index in [1.165, 1.54) is 0 Å². The van der Waals surface area contributed by atoms with Gasteiger partial charge in [0.2, 0.25) is 10.0 Å². The number of sulfonamides is 1. The Kier molecular flexibility index (Phi) is 6.16. The van der Waals surface area contributed by atoms with E-state index in [1.807, 2.05) is 13.8 Å². The van der Waals surface area contributed by atoms with Crippen LogP contribution < -0.4 is 4.72 Å². The van der Waals surface area contributed by atoms with Crippen molar-refractivity contribution < 1.29 is 18.3 Å².